The van der Waals surface area contributed by atoms with Crippen molar-refractivity contribution in [2.45, 2.75) is 76.9 Å². The lowest BCUT2D eigenvalue weighted by atomic mass is 9.49. The number of fused-ring (bicyclic) bond motifs is 5. The second-order valence-electron chi connectivity index (χ2n) is 11.0. The van der Waals surface area contributed by atoms with Crippen LogP contribution in [0.5, 0.6) is 0 Å². The van der Waals surface area contributed by atoms with E-state index in [0.717, 1.165) is 43.4 Å². The van der Waals surface area contributed by atoms with Crippen LogP contribution in [0.3, 0.4) is 0 Å². The molecule has 0 aromatic carbocycles. The van der Waals surface area contributed by atoms with Gasteiger partial charge in [-0.25, -0.2) is 0 Å². The molecule has 0 saturated heterocycles. The van der Waals surface area contributed by atoms with E-state index in [2.05, 4.69) is 17.1 Å². The minimum absolute atomic E-state index is 0.143. The fraction of sp³-hybridized carbons (Fsp3) is 0.875. The molecule has 4 aliphatic rings. The number of rotatable bonds is 5. The maximum absolute atomic E-state index is 13.2. The van der Waals surface area contributed by atoms with E-state index >= 15 is 0 Å². The first-order valence-corrected chi connectivity index (χ1v) is 12.0. The number of ether oxygens (including phenoxy) is 1. The molecule has 0 radical (unpaired) electrons. The van der Waals surface area contributed by atoms with Gasteiger partial charge in [0.05, 0.1) is 24.6 Å². The lowest BCUT2D eigenvalue weighted by Crippen LogP contribution is -2.52. The maximum Gasteiger partial charge on any atom is 0.159 e. The number of ketones is 1. The molecule has 0 spiro atoms. The third-order valence-corrected chi connectivity index (χ3v) is 9.67. The van der Waals surface area contributed by atoms with Crippen LogP contribution >= 0.6 is 0 Å². The molecule has 166 valence electrons. The zero-order valence-corrected chi connectivity index (χ0v) is 18.5. The van der Waals surface area contributed by atoms with Crippen molar-refractivity contribution in [3.63, 3.8) is 0 Å². The molecule has 30 heavy (non-hydrogen) atoms. The second-order valence-corrected chi connectivity index (χ2v) is 11.0. The monoisotopic (exact) mass is 415 g/mol. The average Bonchev–Trinajstić information content (AvgIpc) is 3.34. The van der Waals surface area contributed by atoms with Crippen LogP contribution in [0.25, 0.3) is 0 Å². The minimum Gasteiger partial charge on any atom is -0.387 e. The number of carbonyl (C=O) groups excluding carboxylic acids is 1. The summed E-state index contributed by atoms with van der Waals surface area (Å²) in [6.45, 7) is 3.20. The smallest absolute Gasteiger partial charge is 0.159 e. The van der Waals surface area contributed by atoms with Gasteiger partial charge < -0.3 is 9.84 Å². The van der Waals surface area contributed by atoms with E-state index in [1.54, 1.807) is 24.3 Å². The van der Waals surface area contributed by atoms with Crippen LogP contribution in [-0.4, -0.2) is 45.2 Å². The van der Waals surface area contributed by atoms with E-state index < -0.39 is 5.60 Å². The highest BCUT2D eigenvalue weighted by atomic mass is 16.5. The molecule has 6 heteroatoms. The predicted octanol–water partition coefficient (Wildman–Crippen LogP) is 3.49. The minimum atomic E-state index is -0.614. The van der Waals surface area contributed by atoms with Crippen LogP contribution in [0, 0.1) is 40.9 Å². The predicted molar refractivity (Wildman–Crippen MR) is 112 cm³/mol. The van der Waals surface area contributed by atoms with E-state index in [4.69, 9.17) is 4.74 Å². The van der Waals surface area contributed by atoms with Crippen molar-refractivity contribution >= 4 is 5.78 Å². The first-order chi connectivity index (χ1) is 14.4. The van der Waals surface area contributed by atoms with Gasteiger partial charge in [0.15, 0.2) is 5.78 Å². The Hall–Kier alpha value is -1.27. The summed E-state index contributed by atoms with van der Waals surface area (Å²) in [6, 6.07) is 0. The molecule has 0 bridgehead atoms. The van der Waals surface area contributed by atoms with Gasteiger partial charge in [-0.05, 0) is 92.8 Å². The molecule has 1 aromatic rings. The molecule has 4 fully saturated rings. The molecule has 4 saturated carbocycles. The zero-order valence-electron chi connectivity index (χ0n) is 18.5. The highest BCUT2D eigenvalue weighted by molar-refractivity contribution is 5.81. The van der Waals surface area contributed by atoms with Crippen LogP contribution in [0.1, 0.15) is 64.7 Å². The first kappa shape index (κ1) is 20.6. The molecule has 1 heterocycles. The lowest BCUT2D eigenvalue weighted by molar-refractivity contribution is -0.137. The van der Waals surface area contributed by atoms with Crippen molar-refractivity contribution in [1.82, 2.24) is 15.0 Å². The molecular formula is C24H37N3O3. The van der Waals surface area contributed by atoms with Crippen molar-refractivity contribution in [3.05, 3.63) is 12.4 Å². The van der Waals surface area contributed by atoms with Gasteiger partial charge in [0.1, 0.15) is 6.54 Å². The molecule has 8 atom stereocenters. The van der Waals surface area contributed by atoms with Crippen molar-refractivity contribution < 1.29 is 14.6 Å². The van der Waals surface area contributed by atoms with Crippen LogP contribution < -0.4 is 0 Å². The largest absolute Gasteiger partial charge is 0.387 e. The normalized spacial score (nSPS) is 45.4. The van der Waals surface area contributed by atoms with E-state index in [0.29, 0.717) is 30.8 Å². The molecule has 4 aliphatic carbocycles. The Labute approximate surface area is 179 Å². The van der Waals surface area contributed by atoms with Crippen molar-refractivity contribution in [1.29, 1.82) is 0 Å². The van der Waals surface area contributed by atoms with Crippen molar-refractivity contribution in [2.75, 3.05) is 13.7 Å². The fourth-order valence-electron chi connectivity index (χ4n) is 8.47. The summed E-state index contributed by atoms with van der Waals surface area (Å²) in [7, 11) is 1.70. The van der Waals surface area contributed by atoms with Gasteiger partial charge in [0, 0.05) is 13.0 Å². The SMILES string of the molecule is COC[C@]1(O)CC[C@H]2[C@H](CC[C@@H]3[C@@H]2CC[C@]2(C)[C@@H](C(=O)Cn4nccn4)CC[C@@H]32)C1. The highest BCUT2D eigenvalue weighted by Crippen LogP contribution is 2.64. The Bertz CT molecular complexity index is 768. The topological polar surface area (TPSA) is 77.2 Å². The molecule has 0 unspecified atom stereocenters. The van der Waals surface area contributed by atoms with Gasteiger partial charge in [-0.3, -0.25) is 4.79 Å². The summed E-state index contributed by atoms with van der Waals surface area (Å²) in [5, 5.41) is 19.2. The van der Waals surface area contributed by atoms with Gasteiger partial charge in [-0.1, -0.05) is 6.92 Å². The summed E-state index contributed by atoms with van der Waals surface area (Å²) in [5.74, 6) is 4.12. The Kier molecular flexibility index (Phi) is 5.29. The van der Waals surface area contributed by atoms with E-state index in [-0.39, 0.29) is 11.3 Å². The number of hydrogen-bond acceptors (Lipinski definition) is 5. The molecule has 1 aromatic heterocycles. The van der Waals surface area contributed by atoms with E-state index in [1.807, 2.05) is 0 Å². The summed E-state index contributed by atoms with van der Waals surface area (Å²) in [4.78, 5) is 14.7. The average molecular weight is 416 g/mol. The molecule has 6 nitrogen and oxygen atoms in total. The summed E-state index contributed by atoms with van der Waals surface area (Å²) in [6.07, 6.45) is 13.4. The number of nitrogens with zero attached hydrogens (tertiary/aromatic N) is 3. The number of Topliss-reactive ketones (excluding diaryl/α,β-unsaturated/α-hetero) is 1. The van der Waals surface area contributed by atoms with E-state index in [1.165, 1.54) is 32.1 Å². The molecule has 1 N–H and O–H groups in total. The van der Waals surface area contributed by atoms with Crippen LogP contribution in [0.2, 0.25) is 0 Å². The number of hydrogen-bond donors (Lipinski definition) is 1. The second kappa shape index (κ2) is 7.70. The van der Waals surface area contributed by atoms with Gasteiger partial charge in [0.2, 0.25) is 0 Å². The Morgan fingerprint density at radius 3 is 2.60 bits per heavy atom. The quantitative estimate of drug-likeness (QED) is 0.796. The number of carbonyl (C=O) groups is 1. The van der Waals surface area contributed by atoms with Crippen molar-refractivity contribution in [2.24, 2.45) is 40.9 Å². The Balaban J connectivity index is 1.29. The van der Waals surface area contributed by atoms with Gasteiger partial charge in [-0.2, -0.15) is 15.0 Å². The highest BCUT2D eigenvalue weighted by Gasteiger charge is 2.59. The molecule has 0 aliphatic heterocycles. The van der Waals surface area contributed by atoms with Crippen LogP contribution in [0.4, 0.5) is 0 Å². The van der Waals surface area contributed by atoms with Crippen LogP contribution in [0.15, 0.2) is 12.4 Å². The van der Waals surface area contributed by atoms with E-state index in [9.17, 15) is 9.90 Å². The molecular weight excluding hydrogens is 378 g/mol. The summed E-state index contributed by atoms with van der Waals surface area (Å²) in [5.41, 5.74) is -0.471. The van der Waals surface area contributed by atoms with Crippen LogP contribution in [-0.2, 0) is 16.1 Å². The molecule has 5 rings (SSSR count). The first-order valence-electron chi connectivity index (χ1n) is 12.0. The van der Waals surface area contributed by atoms with Gasteiger partial charge >= 0.3 is 0 Å². The standard InChI is InChI=1S/C24H37N3O3/c1-23-9-7-18-17-8-10-24(29,15-30-2)13-16(17)3-4-19(18)20(23)5-6-21(23)22(28)14-27-25-11-12-26-27/h11-12,16-21,29H,3-10,13-15H2,1-2H3/t16-,17+,18-,19-,20+,21-,23+,24+/m1/s1. The Morgan fingerprint density at radius 1 is 1.07 bits per heavy atom. The third-order valence-electron chi connectivity index (χ3n) is 9.67. The van der Waals surface area contributed by atoms with Gasteiger partial charge in [-0.15, -0.1) is 0 Å². The van der Waals surface area contributed by atoms with Crippen molar-refractivity contribution in [3.8, 4) is 0 Å². The fourth-order valence-corrected chi connectivity index (χ4v) is 8.47. The number of aliphatic hydroxyl groups is 1. The number of aromatic nitrogens is 3. The lowest BCUT2D eigenvalue weighted by Gasteiger charge is -2.57. The molecule has 0 amide bonds. The third kappa shape index (κ3) is 3.35. The maximum atomic E-state index is 13.2. The summed E-state index contributed by atoms with van der Waals surface area (Å²) < 4.78 is 5.32. The summed E-state index contributed by atoms with van der Waals surface area (Å²) >= 11 is 0. The zero-order chi connectivity index (χ0) is 20.9. The number of methoxy groups -OCH3 is 1. The van der Waals surface area contributed by atoms with Gasteiger partial charge in [0.25, 0.3) is 0 Å². The Morgan fingerprint density at radius 2 is 1.83 bits per heavy atom.